The first-order valence-corrected chi connectivity index (χ1v) is 10.9. The molecule has 0 aromatic heterocycles. The smallest absolute Gasteiger partial charge is 0.252 e. The van der Waals surface area contributed by atoms with Gasteiger partial charge in [-0.3, -0.25) is 9.59 Å². The van der Waals surface area contributed by atoms with Crippen molar-refractivity contribution in [2.24, 2.45) is 5.92 Å². The van der Waals surface area contributed by atoms with E-state index in [0.717, 1.165) is 19.3 Å². The van der Waals surface area contributed by atoms with Crippen LogP contribution >= 0.6 is 11.6 Å². The predicted octanol–water partition coefficient (Wildman–Crippen LogP) is 4.67. The van der Waals surface area contributed by atoms with Crippen LogP contribution in [0.1, 0.15) is 54.2 Å². The van der Waals surface area contributed by atoms with Crippen LogP contribution in [0, 0.1) is 5.92 Å². The third kappa shape index (κ3) is 5.33. The average molecular weight is 428 g/mol. The summed E-state index contributed by atoms with van der Waals surface area (Å²) in [7, 11) is 1.87. The number of likely N-dealkylation sites (N-methyl/N-ethyl adjacent to an activating group) is 1. The highest BCUT2D eigenvalue weighted by Crippen LogP contribution is 2.33. The monoisotopic (exact) mass is 427 g/mol. The number of rotatable bonds is 7. The number of carbonyl (C=O) groups is 2. The van der Waals surface area contributed by atoms with Crippen molar-refractivity contribution in [1.29, 1.82) is 0 Å². The molecular formula is C24H30ClN3O2. The molecule has 1 aliphatic rings. The SMILES string of the molecule is CC(C)CNC(=O)c1ccc(NCC(=O)N(C)C2CCCc3ccccc32)cc1Cl. The Morgan fingerprint density at radius 2 is 1.97 bits per heavy atom. The van der Waals surface area contributed by atoms with Gasteiger partial charge in [0, 0.05) is 19.3 Å². The Morgan fingerprint density at radius 1 is 1.20 bits per heavy atom. The third-order valence-electron chi connectivity index (χ3n) is 5.53. The van der Waals surface area contributed by atoms with E-state index in [1.54, 1.807) is 18.2 Å². The zero-order valence-corrected chi connectivity index (χ0v) is 18.6. The number of halogens is 1. The van der Waals surface area contributed by atoms with Gasteiger partial charge in [-0.05, 0) is 54.5 Å². The van der Waals surface area contributed by atoms with Crippen LogP contribution in [0.25, 0.3) is 0 Å². The number of nitrogens with one attached hydrogen (secondary N) is 2. The number of anilines is 1. The number of benzene rings is 2. The van der Waals surface area contributed by atoms with E-state index in [4.69, 9.17) is 11.6 Å². The van der Waals surface area contributed by atoms with Gasteiger partial charge in [0.15, 0.2) is 0 Å². The molecule has 0 fully saturated rings. The molecule has 1 unspecified atom stereocenters. The van der Waals surface area contributed by atoms with Gasteiger partial charge in [0.25, 0.3) is 5.91 Å². The standard InChI is InChI=1S/C24H30ClN3O2/c1-16(2)14-27-24(30)20-12-11-18(13-21(20)25)26-15-23(29)28(3)22-10-6-8-17-7-4-5-9-19(17)22/h4-5,7,9,11-13,16,22,26H,6,8,10,14-15H2,1-3H3,(H,27,30). The van der Waals surface area contributed by atoms with Crippen LogP contribution in [0.3, 0.4) is 0 Å². The second-order valence-corrected chi connectivity index (χ2v) is 8.67. The van der Waals surface area contributed by atoms with Gasteiger partial charge in [-0.15, -0.1) is 0 Å². The topological polar surface area (TPSA) is 61.4 Å². The first-order valence-electron chi connectivity index (χ1n) is 10.5. The first kappa shape index (κ1) is 22.2. The third-order valence-corrected chi connectivity index (χ3v) is 5.84. The molecule has 1 atom stereocenters. The summed E-state index contributed by atoms with van der Waals surface area (Å²) >= 11 is 6.30. The van der Waals surface area contributed by atoms with E-state index in [-0.39, 0.29) is 24.4 Å². The minimum absolute atomic E-state index is 0.0200. The van der Waals surface area contributed by atoms with Gasteiger partial charge in [0.2, 0.25) is 5.91 Å². The van der Waals surface area contributed by atoms with Crippen LogP contribution in [0.2, 0.25) is 5.02 Å². The Kier molecular flexibility index (Phi) is 7.38. The van der Waals surface area contributed by atoms with Gasteiger partial charge in [0.05, 0.1) is 23.2 Å². The number of aryl methyl sites for hydroxylation is 1. The zero-order valence-electron chi connectivity index (χ0n) is 17.9. The summed E-state index contributed by atoms with van der Waals surface area (Å²) in [6.45, 7) is 4.84. The molecule has 0 saturated carbocycles. The van der Waals surface area contributed by atoms with E-state index in [1.807, 2.05) is 31.9 Å². The van der Waals surface area contributed by atoms with Crippen molar-refractivity contribution in [1.82, 2.24) is 10.2 Å². The van der Waals surface area contributed by atoms with Gasteiger partial charge < -0.3 is 15.5 Å². The van der Waals surface area contributed by atoms with Gasteiger partial charge in [-0.1, -0.05) is 49.7 Å². The van der Waals surface area contributed by atoms with Crippen molar-refractivity contribution in [2.45, 2.75) is 39.2 Å². The molecule has 0 heterocycles. The Labute approximate surface area is 183 Å². The molecule has 1 aliphatic carbocycles. The number of nitrogens with zero attached hydrogens (tertiary/aromatic N) is 1. The Morgan fingerprint density at radius 3 is 2.70 bits per heavy atom. The van der Waals surface area contributed by atoms with Crippen molar-refractivity contribution in [3.8, 4) is 0 Å². The van der Waals surface area contributed by atoms with Gasteiger partial charge in [0.1, 0.15) is 0 Å². The van der Waals surface area contributed by atoms with Crippen molar-refractivity contribution >= 4 is 29.1 Å². The van der Waals surface area contributed by atoms with E-state index >= 15 is 0 Å². The fourth-order valence-electron chi connectivity index (χ4n) is 3.81. The van der Waals surface area contributed by atoms with E-state index in [0.29, 0.717) is 28.7 Å². The molecule has 0 aliphatic heterocycles. The normalized spacial score (nSPS) is 15.4. The lowest BCUT2D eigenvalue weighted by atomic mass is 9.87. The second-order valence-electron chi connectivity index (χ2n) is 8.26. The van der Waals surface area contributed by atoms with Crippen LogP contribution in [-0.2, 0) is 11.2 Å². The Balaban J connectivity index is 1.60. The minimum atomic E-state index is -0.188. The number of fused-ring (bicyclic) bond motifs is 1. The molecule has 3 rings (SSSR count). The largest absolute Gasteiger partial charge is 0.376 e. The lowest BCUT2D eigenvalue weighted by molar-refractivity contribution is -0.130. The van der Waals surface area contributed by atoms with E-state index in [1.165, 1.54) is 11.1 Å². The van der Waals surface area contributed by atoms with Crippen LogP contribution in [0.5, 0.6) is 0 Å². The molecule has 2 aromatic rings. The van der Waals surface area contributed by atoms with E-state index < -0.39 is 0 Å². The molecule has 0 saturated heterocycles. The maximum atomic E-state index is 12.8. The summed E-state index contributed by atoms with van der Waals surface area (Å²) in [5, 5.41) is 6.37. The molecule has 30 heavy (non-hydrogen) atoms. The van der Waals surface area contributed by atoms with Crippen LogP contribution in [0.4, 0.5) is 5.69 Å². The maximum Gasteiger partial charge on any atom is 0.252 e. The van der Waals surface area contributed by atoms with Gasteiger partial charge >= 0.3 is 0 Å². The highest BCUT2D eigenvalue weighted by atomic mass is 35.5. The maximum absolute atomic E-state index is 12.8. The lowest BCUT2D eigenvalue weighted by Crippen LogP contribution is -2.37. The molecule has 0 bridgehead atoms. The summed E-state index contributed by atoms with van der Waals surface area (Å²) in [5.41, 5.74) is 3.73. The summed E-state index contributed by atoms with van der Waals surface area (Å²) in [5.74, 6) is 0.200. The van der Waals surface area contributed by atoms with Crippen molar-refractivity contribution in [3.05, 3.63) is 64.2 Å². The number of amides is 2. The minimum Gasteiger partial charge on any atom is -0.376 e. The summed E-state index contributed by atoms with van der Waals surface area (Å²) < 4.78 is 0. The molecule has 0 radical (unpaired) electrons. The molecule has 5 nitrogen and oxygen atoms in total. The Hall–Kier alpha value is -2.53. The Bertz CT molecular complexity index is 913. The first-order chi connectivity index (χ1) is 14.4. The lowest BCUT2D eigenvalue weighted by Gasteiger charge is -2.33. The quantitative estimate of drug-likeness (QED) is 0.674. The van der Waals surface area contributed by atoms with E-state index in [9.17, 15) is 9.59 Å². The molecule has 2 aromatic carbocycles. The number of hydrogen-bond acceptors (Lipinski definition) is 3. The molecule has 2 amide bonds. The highest BCUT2D eigenvalue weighted by molar-refractivity contribution is 6.34. The zero-order chi connectivity index (χ0) is 21.7. The fourth-order valence-corrected chi connectivity index (χ4v) is 4.07. The summed E-state index contributed by atoms with van der Waals surface area (Å²) in [4.78, 5) is 26.9. The average Bonchev–Trinajstić information content (AvgIpc) is 2.75. The molecule has 0 spiro atoms. The molecule has 160 valence electrons. The fraction of sp³-hybridized carbons (Fsp3) is 0.417. The number of hydrogen-bond donors (Lipinski definition) is 2. The van der Waals surface area contributed by atoms with Crippen LogP contribution in [-0.4, -0.2) is 36.9 Å². The number of carbonyl (C=O) groups excluding carboxylic acids is 2. The van der Waals surface area contributed by atoms with Crippen molar-refractivity contribution < 1.29 is 9.59 Å². The van der Waals surface area contributed by atoms with Gasteiger partial charge in [-0.25, -0.2) is 0 Å². The van der Waals surface area contributed by atoms with E-state index in [2.05, 4.69) is 28.8 Å². The van der Waals surface area contributed by atoms with Crippen LogP contribution < -0.4 is 10.6 Å². The summed E-state index contributed by atoms with van der Waals surface area (Å²) in [6, 6.07) is 13.6. The molecule has 2 N–H and O–H groups in total. The van der Waals surface area contributed by atoms with Crippen LogP contribution in [0.15, 0.2) is 42.5 Å². The second kappa shape index (κ2) is 9.98. The predicted molar refractivity (Wildman–Crippen MR) is 122 cm³/mol. The summed E-state index contributed by atoms with van der Waals surface area (Å²) in [6.07, 6.45) is 3.14. The van der Waals surface area contributed by atoms with Gasteiger partial charge in [-0.2, -0.15) is 0 Å². The van der Waals surface area contributed by atoms with Crippen molar-refractivity contribution in [2.75, 3.05) is 25.5 Å². The molecule has 6 heteroatoms. The highest BCUT2D eigenvalue weighted by Gasteiger charge is 2.26. The molecular weight excluding hydrogens is 398 g/mol. The van der Waals surface area contributed by atoms with Crippen molar-refractivity contribution in [3.63, 3.8) is 0 Å².